The van der Waals surface area contributed by atoms with Crippen LogP contribution in [0.1, 0.15) is 25.7 Å². The first-order valence-corrected chi connectivity index (χ1v) is 5.48. The second-order valence-corrected chi connectivity index (χ2v) is 5.01. The van der Waals surface area contributed by atoms with Crippen LogP contribution in [-0.2, 0) is 9.53 Å². The highest BCUT2D eigenvalue weighted by atomic mass is 16.5. The molecular weight excluding hydrogens is 180 g/mol. The molecule has 0 aromatic rings. The van der Waals surface area contributed by atoms with E-state index in [1.54, 1.807) is 0 Å². The van der Waals surface area contributed by atoms with Crippen LogP contribution in [-0.4, -0.2) is 24.3 Å². The number of methoxy groups -OCH3 is 1. The maximum atomic E-state index is 11.7. The molecule has 3 nitrogen and oxygen atoms in total. The number of aliphatic hydroxyl groups is 1. The molecule has 0 aliphatic heterocycles. The molecule has 0 heterocycles. The van der Waals surface area contributed by atoms with Gasteiger partial charge < -0.3 is 9.84 Å². The number of carbonyl (C=O) groups is 1. The molecule has 3 rings (SSSR count). The van der Waals surface area contributed by atoms with Crippen molar-refractivity contribution in [3.05, 3.63) is 0 Å². The van der Waals surface area contributed by atoms with Crippen molar-refractivity contribution in [1.82, 2.24) is 0 Å². The Morgan fingerprint density at radius 1 is 1.36 bits per heavy atom. The number of fused-ring (bicyclic) bond motifs is 4. The summed E-state index contributed by atoms with van der Waals surface area (Å²) in [4.78, 5) is 11.7. The summed E-state index contributed by atoms with van der Waals surface area (Å²) in [7, 11) is 1.48. The Hall–Kier alpha value is -0.570. The molecule has 0 bridgehead atoms. The summed E-state index contributed by atoms with van der Waals surface area (Å²) in [5.41, 5.74) is -0.170. The summed E-state index contributed by atoms with van der Waals surface area (Å²) in [6.07, 6.45) is 3.83. The van der Waals surface area contributed by atoms with Gasteiger partial charge in [0.05, 0.1) is 18.6 Å². The van der Waals surface area contributed by atoms with Crippen molar-refractivity contribution in [2.75, 3.05) is 7.11 Å². The molecule has 1 unspecified atom stereocenters. The molecule has 3 saturated carbocycles. The maximum absolute atomic E-state index is 11.7. The Kier molecular flexibility index (Phi) is 1.56. The first-order chi connectivity index (χ1) is 6.71. The predicted molar refractivity (Wildman–Crippen MR) is 49.4 cm³/mol. The molecule has 0 saturated heterocycles. The quantitative estimate of drug-likeness (QED) is 0.635. The number of ether oxygens (including phenoxy) is 1. The van der Waals surface area contributed by atoms with Gasteiger partial charge in [-0.2, -0.15) is 0 Å². The van der Waals surface area contributed by atoms with Crippen molar-refractivity contribution in [2.24, 2.45) is 23.2 Å². The SMILES string of the molecule is COC(=O)[C@]12CCC1[C@@H]1[C@H](O)CC[C@@H]12. The third kappa shape index (κ3) is 0.691. The molecule has 0 spiro atoms. The molecular formula is C11H16O3. The fourth-order valence-electron chi connectivity index (χ4n) is 4.25. The third-order valence-electron chi connectivity index (χ3n) is 4.90. The van der Waals surface area contributed by atoms with Gasteiger partial charge in [-0.3, -0.25) is 4.79 Å². The van der Waals surface area contributed by atoms with E-state index in [0.29, 0.717) is 17.8 Å². The first kappa shape index (κ1) is 8.72. The lowest BCUT2D eigenvalue weighted by Crippen LogP contribution is -2.67. The fraction of sp³-hybridized carbons (Fsp3) is 0.909. The predicted octanol–water partition coefficient (Wildman–Crippen LogP) is 0.956. The highest BCUT2D eigenvalue weighted by Gasteiger charge is 2.73. The Bertz CT molecular complexity index is 288. The minimum atomic E-state index is -0.170. The lowest BCUT2D eigenvalue weighted by molar-refractivity contribution is -0.227. The number of hydrogen-bond donors (Lipinski definition) is 1. The summed E-state index contributed by atoms with van der Waals surface area (Å²) < 4.78 is 4.90. The zero-order valence-electron chi connectivity index (χ0n) is 8.40. The Balaban J connectivity index is 1.88. The maximum Gasteiger partial charge on any atom is 0.312 e. The molecule has 78 valence electrons. The van der Waals surface area contributed by atoms with E-state index < -0.39 is 0 Å². The lowest BCUT2D eigenvalue weighted by Gasteiger charge is -2.65. The van der Waals surface area contributed by atoms with Crippen LogP contribution < -0.4 is 0 Å². The third-order valence-corrected chi connectivity index (χ3v) is 4.90. The van der Waals surface area contributed by atoms with Gasteiger partial charge in [0.25, 0.3) is 0 Å². The zero-order valence-corrected chi connectivity index (χ0v) is 8.40. The minimum absolute atomic E-state index is 0.0240. The second kappa shape index (κ2) is 2.51. The van der Waals surface area contributed by atoms with E-state index >= 15 is 0 Å². The molecule has 14 heavy (non-hydrogen) atoms. The molecule has 0 aromatic carbocycles. The van der Waals surface area contributed by atoms with Gasteiger partial charge in [0.15, 0.2) is 0 Å². The van der Waals surface area contributed by atoms with Gasteiger partial charge >= 0.3 is 5.97 Å². The van der Waals surface area contributed by atoms with E-state index in [1.165, 1.54) is 7.11 Å². The molecule has 3 heteroatoms. The van der Waals surface area contributed by atoms with Crippen molar-refractivity contribution in [3.8, 4) is 0 Å². The van der Waals surface area contributed by atoms with Crippen LogP contribution in [0.4, 0.5) is 0 Å². The van der Waals surface area contributed by atoms with Gasteiger partial charge in [-0.25, -0.2) is 0 Å². The van der Waals surface area contributed by atoms with Crippen molar-refractivity contribution >= 4 is 5.97 Å². The lowest BCUT2D eigenvalue weighted by atomic mass is 9.38. The summed E-state index contributed by atoms with van der Waals surface area (Å²) in [6.45, 7) is 0. The molecule has 3 fully saturated rings. The van der Waals surface area contributed by atoms with Crippen molar-refractivity contribution in [2.45, 2.75) is 31.8 Å². The number of rotatable bonds is 1. The van der Waals surface area contributed by atoms with Crippen LogP contribution >= 0.6 is 0 Å². The van der Waals surface area contributed by atoms with Crippen LogP contribution in [0.25, 0.3) is 0 Å². The van der Waals surface area contributed by atoms with Gasteiger partial charge in [-0.15, -0.1) is 0 Å². The van der Waals surface area contributed by atoms with Gasteiger partial charge in [-0.05, 0) is 43.4 Å². The largest absolute Gasteiger partial charge is 0.469 e. The summed E-state index contributed by atoms with van der Waals surface area (Å²) in [5, 5.41) is 9.76. The molecule has 0 amide bonds. The van der Waals surface area contributed by atoms with Crippen LogP contribution in [0.2, 0.25) is 0 Å². The fourth-order valence-corrected chi connectivity index (χ4v) is 4.25. The highest BCUT2D eigenvalue weighted by Crippen LogP contribution is 2.72. The van der Waals surface area contributed by atoms with E-state index in [4.69, 9.17) is 4.74 Å². The number of carbonyl (C=O) groups excluding carboxylic acids is 1. The van der Waals surface area contributed by atoms with E-state index in [9.17, 15) is 9.90 Å². The van der Waals surface area contributed by atoms with Crippen LogP contribution in [0.3, 0.4) is 0 Å². The van der Waals surface area contributed by atoms with Crippen LogP contribution in [0, 0.1) is 23.2 Å². The van der Waals surface area contributed by atoms with Gasteiger partial charge in [0, 0.05) is 0 Å². The van der Waals surface area contributed by atoms with Crippen molar-refractivity contribution < 1.29 is 14.6 Å². The van der Waals surface area contributed by atoms with Crippen molar-refractivity contribution in [3.63, 3.8) is 0 Å². The Morgan fingerprint density at radius 2 is 2.07 bits per heavy atom. The monoisotopic (exact) mass is 196 g/mol. The Morgan fingerprint density at radius 3 is 2.64 bits per heavy atom. The number of hydrogen-bond acceptors (Lipinski definition) is 3. The normalized spacial score (nSPS) is 53.9. The molecule has 3 aliphatic carbocycles. The van der Waals surface area contributed by atoms with Crippen molar-refractivity contribution in [1.29, 1.82) is 0 Å². The summed E-state index contributed by atoms with van der Waals surface area (Å²) >= 11 is 0. The van der Waals surface area contributed by atoms with E-state index in [1.807, 2.05) is 0 Å². The number of esters is 1. The average Bonchev–Trinajstić information content (AvgIpc) is 2.47. The van der Waals surface area contributed by atoms with Crippen LogP contribution in [0.5, 0.6) is 0 Å². The first-order valence-electron chi connectivity index (χ1n) is 5.48. The molecule has 0 aromatic heterocycles. The summed E-state index contributed by atoms with van der Waals surface area (Å²) in [6, 6.07) is 0. The molecule has 1 N–H and O–H groups in total. The summed E-state index contributed by atoms with van der Waals surface area (Å²) in [5.74, 6) is 1.23. The second-order valence-electron chi connectivity index (χ2n) is 5.01. The molecule has 5 atom stereocenters. The van der Waals surface area contributed by atoms with Gasteiger partial charge in [0.2, 0.25) is 0 Å². The number of aliphatic hydroxyl groups excluding tert-OH is 1. The van der Waals surface area contributed by atoms with E-state index in [2.05, 4.69) is 0 Å². The zero-order chi connectivity index (χ0) is 9.92. The smallest absolute Gasteiger partial charge is 0.312 e. The topological polar surface area (TPSA) is 46.5 Å². The highest BCUT2D eigenvalue weighted by molar-refractivity contribution is 5.80. The van der Waals surface area contributed by atoms with E-state index in [-0.39, 0.29) is 17.5 Å². The minimum Gasteiger partial charge on any atom is -0.469 e. The van der Waals surface area contributed by atoms with Gasteiger partial charge in [0.1, 0.15) is 0 Å². The molecule has 3 aliphatic rings. The Labute approximate surface area is 83.4 Å². The molecule has 0 radical (unpaired) electrons. The standard InChI is InChI=1S/C11H16O3/c1-14-10(13)11-5-4-7(11)9-6(11)2-3-8(9)12/h6-9,12H,2-5H2,1H3/t6-,7?,8+,9+,11-/m0/s1. The van der Waals surface area contributed by atoms with E-state index in [0.717, 1.165) is 25.7 Å². The van der Waals surface area contributed by atoms with Gasteiger partial charge in [-0.1, -0.05) is 0 Å². The van der Waals surface area contributed by atoms with Crippen LogP contribution in [0.15, 0.2) is 0 Å². The average molecular weight is 196 g/mol.